The van der Waals surface area contributed by atoms with E-state index in [9.17, 15) is 14.4 Å². The van der Waals surface area contributed by atoms with Crippen molar-refractivity contribution in [3.8, 4) is 0 Å². The highest BCUT2D eigenvalue weighted by Crippen LogP contribution is 2.32. The smallest absolute Gasteiger partial charge is 0.407 e. The van der Waals surface area contributed by atoms with Crippen LogP contribution in [0.4, 0.5) is 4.79 Å². The number of alkyl carbamates (subject to hydrolysis) is 1. The van der Waals surface area contributed by atoms with Crippen LogP contribution in [0.3, 0.4) is 0 Å². The molecule has 1 fully saturated rings. The minimum Gasteiger partial charge on any atom is -0.461 e. The molecule has 3 atom stereocenters. The van der Waals surface area contributed by atoms with Gasteiger partial charge in [-0.1, -0.05) is 121 Å². The first-order valence-corrected chi connectivity index (χ1v) is 15.4. The monoisotopic (exact) mass is 545 g/mol. The molecular weight excluding hydrogens is 494 g/mol. The van der Waals surface area contributed by atoms with Gasteiger partial charge in [0.2, 0.25) is 0 Å². The van der Waals surface area contributed by atoms with Gasteiger partial charge in [0, 0.05) is 6.42 Å². The van der Waals surface area contributed by atoms with E-state index in [1.807, 2.05) is 30.3 Å². The minimum atomic E-state index is -0.661. The molecule has 7 heteroatoms. The number of hydrogen-bond donors (Lipinski definition) is 1. The molecule has 0 radical (unpaired) electrons. The van der Waals surface area contributed by atoms with Crippen molar-refractivity contribution in [1.29, 1.82) is 0 Å². The second-order valence-electron chi connectivity index (χ2n) is 10.8. The minimum absolute atomic E-state index is 0.0998. The fourth-order valence-corrected chi connectivity index (χ4v) is 5.02. The van der Waals surface area contributed by atoms with Crippen LogP contribution < -0.4 is 5.32 Å². The Balaban J connectivity index is 1.76. The van der Waals surface area contributed by atoms with E-state index in [0.717, 1.165) is 50.5 Å². The van der Waals surface area contributed by atoms with Gasteiger partial charge >= 0.3 is 18.0 Å². The third-order valence-corrected chi connectivity index (χ3v) is 7.40. The third kappa shape index (κ3) is 14.4. The van der Waals surface area contributed by atoms with Crippen LogP contribution in [0.25, 0.3) is 0 Å². The summed E-state index contributed by atoms with van der Waals surface area (Å²) in [6.45, 7) is 4.28. The number of amides is 1. The first-order chi connectivity index (χ1) is 19.0. The molecular formula is C32H51NO6. The van der Waals surface area contributed by atoms with Gasteiger partial charge in [0.1, 0.15) is 25.4 Å². The maximum Gasteiger partial charge on any atom is 0.407 e. The van der Waals surface area contributed by atoms with E-state index >= 15 is 0 Å². The number of nitrogens with one attached hydrogen (secondary N) is 1. The lowest BCUT2D eigenvalue weighted by atomic mass is 9.86. The molecule has 1 aromatic carbocycles. The van der Waals surface area contributed by atoms with Crippen LogP contribution in [0.2, 0.25) is 0 Å². The van der Waals surface area contributed by atoms with Crippen molar-refractivity contribution in [2.45, 2.75) is 135 Å². The molecule has 0 unspecified atom stereocenters. The Morgan fingerprint density at radius 1 is 0.872 bits per heavy atom. The summed E-state index contributed by atoms with van der Waals surface area (Å²) >= 11 is 0. The highest BCUT2D eigenvalue weighted by molar-refractivity contribution is 5.79. The number of carbonyl (C=O) groups excluding carboxylic acids is 3. The largest absolute Gasteiger partial charge is 0.461 e. The van der Waals surface area contributed by atoms with E-state index in [-0.39, 0.29) is 37.2 Å². The Morgan fingerprint density at radius 3 is 2.13 bits per heavy atom. The van der Waals surface area contributed by atoms with Gasteiger partial charge in [-0.25, -0.2) is 4.79 Å². The van der Waals surface area contributed by atoms with Crippen LogP contribution in [0.1, 0.15) is 122 Å². The van der Waals surface area contributed by atoms with Crippen molar-refractivity contribution >= 4 is 18.0 Å². The molecule has 0 bridgehead atoms. The number of esters is 2. The Kier molecular flexibility index (Phi) is 17.0. The average Bonchev–Trinajstić information content (AvgIpc) is 2.94. The zero-order chi connectivity index (χ0) is 28.1. The SMILES string of the molecule is CCCCCCCCCCC[C@@H](C[C@@H]1OC(=O)[C@H]1CCCCCC)OC(=O)CNC(=O)OCc1ccccc1. The lowest BCUT2D eigenvalue weighted by molar-refractivity contribution is -0.190. The zero-order valence-corrected chi connectivity index (χ0v) is 24.3. The summed E-state index contributed by atoms with van der Waals surface area (Å²) < 4.78 is 16.4. The third-order valence-electron chi connectivity index (χ3n) is 7.40. The van der Waals surface area contributed by atoms with Gasteiger partial charge in [0.15, 0.2) is 0 Å². The zero-order valence-electron chi connectivity index (χ0n) is 24.3. The highest BCUT2D eigenvalue weighted by atomic mass is 16.6. The molecule has 1 saturated heterocycles. The van der Waals surface area contributed by atoms with E-state index in [2.05, 4.69) is 19.2 Å². The quantitative estimate of drug-likeness (QED) is 0.0914. The number of carbonyl (C=O) groups is 3. The van der Waals surface area contributed by atoms with Crippen LogP contribution in [-0.2, 0) is 30.4 Å². The summed E-state index contributed by atoms with van der Waals surface area (Å²) in [4.78, 5) is 36.7. The van der Waals surface area contributed by atoms with Crippen LogP contribution in [0.5, 0.6) is 0 Å². The molecule has 39 heavy (non-hydrogen) atoms. The molecule has 7 nitrogen and oxygen atoms in total. The average molecular weight is 546 g/mol. The molecule has 0 aliphatic carbocycles. The fraction of sp³-hybridized carbons (Fsp3) is 0.719. The van der Waals surface area contributed by atoms with Crippen molar-refractivity contribution in [2.75, 3.05) is 6.54 Å². The van der Waals surface area contributed by atoms with Crippen LogP contribution >= 0.6 is 0 Å². The predicted octanol–water partition coefficient (Wildman–Crippen LogP) is 7.65. The second kappa shape index (κ2) is 20.3. The summed E-state index contributed by atoms with van der Waals surface area (Å²) in [5, 5.41) is 2.48. The predicted molar refractivity (Wildman–Crippen MR) is 153 cm³/mol. The van der Waals surface area contributed by atoms with E-state index in [4.69, 9.17) is 14.2 Å². The summed E-state index contributed by atoms with van der Waals surface area (Å²) in [5.74, 6) is -0.734. The molecule has 1 aromatic rings. The highest BCUT2D eigenvalue weighted by Gasteiger charge is 2.43. The van der Waals surface area contributed by atoms with Crippen molar-refractivity contribution in [3.05, 3.63) is 35.9 Å². The molecule has 1 heterocycles. The number of hydrogen-bond acceptors (Lipinski definition) is 6. The Morgan fingerprint density at radius 2 is 1.49 bits per heavy atom. The van der Waals surface area contributed by atoms with Gasteiger partial charge in [0.05, 0.1) is 5.92 Å². The summed E-state index contributed by atoms with van der Waals surface area (Å²) in [5.41, 5.74) is 0.871. The molecule has 1 amide bonds. The standard InChI is InChI=1S/C32H51NO6/c1-3-5-7-9-10-11-12-13-17-21-27(23-29-28(31(35)39-29)22-18-8-6-4-2)38-30(34)24-33-32(36)37-25-26-19-15-14-16-20-26/h14-16,19-20,27-29H,3-13,17-18,21-25H2,1-2H3,(H,33,36)/t27-,28-,29-/m0/s1. The Hall–Kier alpha value is -2.57. The molecule has 1 N–H and O–H groups in total. The van der Waals surface area contributed by atoms with E-state index < -0.39 is 12.1 Å². The van der Waals surface area contributed by atoms with Crippen LogP contribution in [0.15, 0.2) is 30.3 Å². The van der Waals surface area contributed by atoms with Gasteiger partial charge in [0.25, 0.3) is 0 Å². The van der Waals surface area contributed by atoms with E-state index in [1.54, 1.807) is 0 Å². The van der Waals surface area contributed by atoms with Gasteiger partial charge in [-0.05, 0) is 24.8 Å². The van der Waals surface area contributed by atoms with Crippen molar-refractivity contribution in [3.63, 3.8) is 0 Å². The lowest BCUT2D eigenvalue weighted by Gasteiger charge is -2.37. The molecule has 0 saturated carbocycles. The second-order valence-corrected chi connectivity index (χ2v) is 10.8. The molecule has 1 aliphatic rings. The first kappa shape index (κ1) is 32.6. The number of unbranched alkanes of at least 4 members (excludes halogenated alkanes) is 11. The first-order valence-electron chi connectivity index (χ1n) is 15.4. The number of ether oxygens (including phenoxy) is 3. The summed E-state index contributed by atoms with van der Waals surface area (Å²) in [6, 6.07) is 9.36. The number of rotatable bonds is 22. The van der Waals surface area contributed by atoms with Crippen molar-refractivity contribution in [2.24, 2.45) is 5.92 Å². The fourth-order valence-electron chi connectivity index (χ4n) is 5.02. The van der Waals surface area contributed by atoms with Gasteiger partial charge in [-0.2, -0.15) is 0 Å². The summed E-state index contributed by atoms with van der Waals surface area (Å²) in [7, 11) is 0. The molecule has 220 valence electrons. The Bertz CT molecular complexity index is 814. The summed E-state index contributed by atoms with van der Waals surface area (Å²) in [6.07, 6.45) is 16.3. The van der Waals surface area contributed by atoms with Crippen molar-refractivity contribution in [1.82, 2.24) is 5.32 Å². The normalized spacial score (nSPS) is 17.1. The van der Waals surface area contributed by atoms with E-state index in [0.29, 0.717) is 6.42 Å². The molecule has 1 aliphatic heterocycles. The maximum absolute atomic E-state index is 12.6. The topological polar surface area (TPSA) is 90.9 Å². The van der Waals surface area contributed by atoms with Crippen molar-refractivity contribution < 1.29 is 28.6 Å². The van der Waals surface area contributed by atoms with Gasteiger partial charge in [-0.15, -0.1) is 0 Å². The Labute approximate surface area is 235 Å². The maximum atomic E-state index is 12.6. The molecule has 0 spiro atoms. The lowest BCUT2D eigenvalue weighted by Crippen LogP contribution is -2.47. The molecule has 2 rings (SSSR count). The van der Waals surface area contributed by atoms with Crippen LogP contribution in [-0.4, -0.2) is 36.8 Å². The number of cyclic esters (lactones) is 1. The molecule has 0 aromatic heterocycles. The van der Waals surface area contributed by atoms with E-state index in [1.165, 1.54) is 51.4 Å². The van der Waals surface area contributed by atoms with Gasteiger partial charge < -0.3 is 19.5 Å². The van der Waals surface area contributed by atoms with Gasteiger partial charge in [-0.3, -0.25) is 9.59 Å². The number of benzene rings is 1. The van der Waals surface area contributed by atoms with Crippen LogP contribution in [0, 0.1) is 5.92 Å².